The molecule has 6 heteroatoms. The molecule has 142 valence electrons. The van der Waals surface area contributed by atoms with E-state index in [1.165, 1.54) is 5.01 Å². The molecule has 5 nitrogen and oxygen atoms in total. The van der Waals surface area contributed by atoms with Crippen molar-refractivity contribution in [2.45, 2.75) is 39.2 Å². The number of thiazole rings is 1. The van der Waals surface area contributed by atoms with Crippen LogP contribution in [0.2, 0.25) is 0 Å². The molecular formula is C21H26N4OS. The molecule has 3 rings (SSSR count). The van der Waals surface area contributed by atoms with Gasteiger partial charge < -0.3 is 4.90 Å². The van der Waals surface area contributed by atoms with Crippen molar-refractivity contribution in [3.8, 4) is 6.07 Å². The molecule has 0 unspecified atom stereocenters. The summed E-state index contributed by atoms with van der Waals surface area (Å²) in [5.41, 5.74) is 2.32. The fourth-order valence-electron chi connectivity index (χ4n) is 3.19. The minimum absolute atomic E-state index is 0.0117. The van der Waals surface area contributed by atoms with Gasteiger partial charge in [0.25, 0.3) is 5.91 Å². The van der Waals surface area contributed by atoms with E-state index in [9.17, 15) is 4.79 Å². The molecule has 0 atom stereocenters. The zero-order chi connectivity index (χ0) is 19.4. The summed E-state index contributed by atoms with van der Waals surface area (Å²) in [6.07, 6.45) is 0.944. The van der Waals surface area contributed by atoms with Crippen LogP contribution < -0.4 is 0 Å². The van der Waals surface area contributed by atoms with Crippen LogP contribution in [0.3, 0.4) is 0 Å². The molecule has 1 fully saturated rings. The number of hydrogen-bond donors (Lipinski definition) is 0. The predicted molar refractivity (Wildman–Crippen MR) is 108 cm³/mol. The fourth-order valence-corrected chi connectivity index (χ4v) is 4.09. The smallest absolute Gasteiger partial charge is 0.253 e. The van der Waals surface area contributed by atoms with Crippen LogP contribution in [-0.2, 0) is 12.0 Å². The number of carbonyl (C=O) groups is 1. The van der Waals surface area contributed by atoms with Crippen molar-refractivity contribution in [3.05, 3.63) is 51.5 Å². The van der Waals surface area contributed by atoms with E-state index >= 15 is 0 Å². The number of nitriles is 1. The summed E-state index contributed by atoms with van der Waals surface area (Å²) in [4.78, 5) is 21.9. The summed E-state index contributed by atoms with van der Waals surface area (Å²) < 4.78 is 0. The van der Waals surface area contributed by atoms with Crippen molar-refractivity contribution >= 4 is 17.2 Å². The highest BCUT2D eigenvalue weighted by atomic mass is 32.1. The Morgan fingerprint density at radius 2 is 2.07 bits per heavy atom. The molecule has 1 amide bonds. The Bertz CT molecular complexity index is 846. The lowest BCUT2D eigenvalue weighted by Crippen LogP contribution is -2.35. The van der Waals surface area contributed by atoms with Gasteiger partial charge in [-0.15, -0.1) is 11.3 Å². The number of carbonyl (C=O) groups excluding carboxylic acids is 1. The Balaban J connectivity index is 1.61. The van der Waals surface area contributed by atoms with Gasteiger partial charge in [0.2, 0.25) is 0 Å². The van der Waals surface area contributed by atoms with Crippen molar-refractivity contribution in [2.24, 2.45) is 0 Å². The Morgan fingerprint density at radius 1 is 1.26 bits per heavy atom. The minimum atomic E-state index is 0.0117. The number of nitrogens with zero attached hydrogens (tertiary/aromatic N) is 4. The molecule has 0 radical (unpaired) electrons. The number of aromatic nitrogens is 1. The number of hydrogen-bond acceptors (Lipinski definition) is 5. The van der Waals surface area contributed by atoms with Gasteiger partial charge in [0.05, 0.1) is 22.3 Å². The number of benzene rings is 1. The lowest BCUT2D eigenvalue weighted by atomic mass is 9.98. The summed E-state index contributed by atoms with van der Waals surface area (Å²) >= 11 is 1.73. The normalized spacial score (nSPS) is 16.0. The molecule has 0 N–H and O–H groups in total. The average Bonchev–Trinajstić information content (AvgIpc) is 3.00. The third-order valence-electron chi connectivity index (χ3n) is 4.69. The first-order valence-corrected chi connectivity index (χ1v) is 10.2. The van der Waals surface area contributed by atoms with Gasteiger partial charge >= 0.3 is 0 Å². The van der Waals surface area contributed by atoms with Crippen LogP contribution in [0.15, 0.2) is 29.6 Å². The molecule has 2 aromatic rings. The molecule has 0 bridgehead atoms. The van der Waals surface area contributed by atoms with Gasteiger partial charge in [0.15, 0.2) is 0 Å². The first-order valence-electron chi connectivity index (χ1n) is 9.33. The molecule has 1 aliphatic rings. The second kappa shape index (κ2) is 8.20. The second-order valence-corrected chi connectivity index (χ2v) is 8.87. The zero-order valence-corrected chi connectivity index (χ0v) is 17.1. The van der Waals surface area contributed by atoms with E-state index in [4.69, 9.17) is 10.2 Å². The van der Waals surface area contributed by atoms with Crippen molar-refractivity contribution in [1.29, 1.82) is 5.26 Å². The predicted octanol–water partition coefficient (Wildman–Crippen LogP) is 3.66. The van der Waals surface area contributed by atoms with E-state index < -0.39 is 0 Å². The highest BCUT2D eigenvalue weighted by molar-refractivity contribution is 7.09. The standard InChI is InChI=1S/C21H26N4OS/c1-21(2,3)20-23-18(15-27-20)14-24-8-5-9-25(11-10-24)19(26)17-7-4-6-16(12-17)13-22/h4,6-7,12,15H,5,8-11,14H2,1-3H3. The maximum atomic E-state index is 12.8. The maximum Gasteiger partial charge on any atom is 0.253 e. The summed E-state index contributed by atoms with van der Waals surface area (Å²) in [5.74, 6) is 0.0117. The highest BCUT2D eigenvalue weighted by Crippen LogP contribution is 2.26. The summed E-state index contributed by atoms with van der Waals surface area (Å²) in [7, 11) is 0. The van der Waals surface area contributed by atoms with Gasteiger partial charge in [-0.05, 0) is 24.6 Å². The van der Waals surface area contributed by atoms with Crippen LogP contribution in [0.4, 0.5) is 0 Å². The van der Waals surface area contributed by atoms with Crippen LogP contribution in [0, 0.1) is 11.3 Å². The van der Waals surface area contributed by atoms with Gasteiger partial charge in [-0.25, -0.2) is 4.98 Å². The molecule has 27 heavy (non-hydrogen) atoms. The van der Waals surface area contributed by atoms with E-state index in [-0.39, 0.29) is 11.3 Å². The fraction of sp³-hybridized carbons (Fsp3) is 0.476. The lowest BCUT2D eigenvalue weighted by molar-refractivity contribution is 0.0761. The van der Waals surface area contributed by atoms with Gasteiger partial charge in [-0.1, -0.05) is 26.8 Å². The van der Waals surface area contributed by atoms with Gasteiger partial charge in [0.1, 0.15) is 0 Å². The Morgan fingerprint density at radius 3 is 2.78 bits per heavy atom. The van der Waals surface area contributed by atoms with Crippen LogP contribution in [0.25, 0.3) is 0 Å². The monoisotopic (exact) mass is 382 g/mol. The molecular weight excluding hydrogens is 356 g/mol. The van der Waals surface area contributed by atoms with E-state index in [1.807, 2.05) is 4.90 Å². The molecule has 0 aliphatic carbocycles. The van der Waals surface area contributed by atoms with Gasteiger partial charge in [-0.3, -0.25) is 9.69 Å². The Hall–Kier alpha value is -2.23. The topological polar surface area (TPSA) is 60.2 Å². The van der Waals surface area contributed by atoms with Crippen molar-refractivity contribution in [3.63, 3.8) is 0 Å². The summed E-state index contributed by atoms with van der Waals surface area (Å²) in [6, 6.07) is 9.05. The van der Waals surface area contributed by atoms with E-state index in [0.29, 0.717) is 17.7 Å². The van der Waals surface area contributed by atoms with Crippen LogP contribution in [0.5, 0.6) is 0 Å². The third kappa shape index (κ3) is 4.94. The Labute approximate surface area is 165 Å². The van der Waals surface area contributed by atoms with E-state index in [2.05, 4.69) is 37.1 Å². The van der Waals surface area contributed by atoms with E-state index in [1.54, 1.807) is 35.6 Å². The first kappa shape index (κ1) is 19.5. The van der Waals surface area contributed by atoms with Crippen molar-refractivity contribution < 1.29 is 4.79 Å². The maximum absolute atomic E-state index is 12.8. The lowest BCUT2D eigenvalue weighted by Gasteiger charge is -2.22. The minimum Gasteiger partial charge on any atom is -0.337 e. The molecule has 2 heterocycles. The number of amides is 1. The molecule has 1 aliphatic heterocycles. The van der Waals surface area contributed by atoms with Crippen LogP contribution >= 0.6 is 11.3 Å². The summed E-state index contributed by atoms with van der Waals surface area (Å²) in [5, 5.41) is 12.4. The highest BCUT2D eigenvalue weighted by Gasteiger charge is 2.22. The average molecular weight is 383 g/mol. The molecule has 0 spiro atoms. The molecule has 1 aromatic carbocycles. The third-order valence-corrected chi connectivity index (χ3v) is 6.01. The van der Waals surface area contributed by atoms with Crippen molar-refractivity contribution in [1.82, 2.24) is 14.8 Å². The molecule has 0 saturated carbocycles. The van der Waals surface area contributed by atoms with Crippen molar-refractivity contribution in [2.75, 3.05) is 26.2 Å². The SMILES string of the molecule is CC(C)(C)c1nc(CN2CCCN(C(=O)c3cccc(C#N)c3)CC2)cs1. The van der Waals surface area contributed by atoms with Crippen LogP contribution in [-0.4, -0.2) is 46.9 Å². The molecule has 1 aromatic heterocycles. The molecule has 1 saturated heterocycles. The quantitative estimate of drug-likeness (QED) is 0.813. The first-order chi connectivity index (χ1) is 12.9. The zero-order valence-electron chi connectivity index (χ0n) is 16.2. The van der Waals surface area contributed by atoms with Crippen LogP contribution in [0.1, 0.15) is 53.8 Å². The second-order valence-electron chi connectivity index (χ2n) is 8.01. The largest absolute Gasteiger partial charge is 0.337 e. The number of rotatable bonds is 3. The Kier molecular flexibility index (Phi) is 5.93. The summed E-state index contributed by atoms with van der Waals surface area (Å²) in [6.45, 7) is 10.6. The van der Waals surface area contributed by atoms with Gasteiger partial charge in [-0.2, -0.15) is 5.26 Å². The van der Waals surface area contributed by atoms with E-state index in [0.717, 1.165) is 38.3 Å². The van der Waals surface area contributed by atoms with Gasteiger partial charge in [0, 0.05) is 49.1 Å².